The molecule has 0 amide bonds. The summed E-state index contributed by atoms with van der Waals surface area (Å²) in [7, 11) is 2.55. The molecule has 0 saturated heterocycles. The van der Waals surface area contributed by atoms with Crippen LogP contribution in [-0.4, -0.2) is 57.2 Å². The molecule has 0 aliphatic carbocycles. The van der Waals surface area contributed by atoms with E-state index in [-0.39, 0.29) is 17.7 Å². The van der Waals surface area contributed by atoms with Gasteiger partial charge in [0.05, 0.1) is 54.7 Å². The van der Waals surface area contributed by atoms with Crippen molar-refractivity contribution in [3.05, 3.63) is 77.4 Å². The lowest BCUT2D eigenvalue weighted by molar-refractivity contribution is -0.143. The van der Waals surface area contributed by atoms with Crippen LogP contribution in [-0.2, 0) is 19.1 Å². The maximum atomic E-state index is 13.9. The van der Waals surface area contributed by atoms with E-state index in [0.29, 0.717) is 67.8 Å². The average Bonchev–Trinajstić information content (AvgIpc) is 3.31. The molecule has 2 aromatic carbocycles. The molecule has 13 heteroatoms. The summed E-state index contributed by atoms with van der Waals surface area (Å²) in [5.74, 6) is 0.605. The van der Waals surface area contributed by atoms with E-state index in [0.717, 1.165) is 0 Å². The van der Waals surface area contributed by atoms with Crippen molar-refractivity contribution in [3.63, 3.8) is 0 Å². The van der Waals surface area contributed by atoms with E-state index < -0.39 is 18.0 Å². The molecule has 0 bridgehead atoms. The largest absolute Gasteiger partial charge is 0.490 e. The molecule has 1 aromatic heterocycles. The van der Waals surface area contributed by atoms with Crippen LogP contribution >= 0.6 is 27.3 Å². The van der Waals surface area contributed by atoms with Crippen LogP contribution < -0.4 is 33.8 Å². The Morgan fingerprint density at radius 1 is 0.953 bits per heavy atom. The van der Waals surface area contributed by atoms with Gasteiger partial charge in [-0.25, -0.2) is 14.6 Å². The third kappa shape index (κ3) is 6.94. The van der Waals surface area contributed by atoms with Crippen LogP contribution in [0.5, 0.6) is 23.0 Å². The molecule has 0 saturated carbocycles. The van der Waals surface area contributed by atoms with Gasteiger partial charge in [0.25, 0.3) is 5.56 Å². The van der Waals surface area contributed by atoms with Crippen LogP contribution in [0.1, 0.15) is 37.9 Å². The van der Waals surface area contributed by atoms with Crippen molar-refractivity contribution < 1.29 is 38.0 Å². The van der Waals surface area contributed by atoms with Gasteiger partial charge in [-0.15, -0.1) is 0 Å². The predicted octanol–water partition coefficient (Wildman–Crippen LogP) is 3.53. The number of esters is 2. The Balaban J connectivity index is 1.84. The number of aromatic nitrogens is 1. The molecule has 1 aliphatic heterocycles. The van der Waals surface area contributed by atoms with Crippen LogP contribution in [0.2, 0.25) is 0 Å². The second kappa shape index (κ2) is 14.4. The Kier molecular flexibility index (Phi) is 10.6. The lowest BCUT2D eigenvalue weighted by atomic mass is 9.97. The SMILES string of the molecule is CCOc1ccc([C@H]2C(C(=O)OC)=CN=c3s/c(=C\c4cc(Br)c(OCC(=O)OC)c(OCC)c4)c(=O)n32)cc1OCC. The second-order valence-corrected chi connectivity index (χ2v) is 10.7. The minimum absolute atomic E-state index is 0.196. The highest BCUT2D eigenvalue weighted by molar-refractivity contribution is 9.10. The van der Waals surface area contributed by atoms with Crippen molar-refractivity contribution >= 4 is 45.3 Å². The summed E-state index contributed by atoms with van der Waals surface area (Å²) in [6, 6.07) is 7.93. The molecule has 0 radical (unpaired) electrons. The zero-order chi connectivity index (χ0) is 31.1. The molecule has 1 atom stereocenters. The van der Waals surface area contributed by atoms with Crippen LogP contribution in [0.4, 0.5) is 0 Å². The van der Waals surface area contributed by atoms with Gasteiger partial charge in [-0.3, -0.25) is 9.36 Å². The molecular formula is C30H31BrN2O9S. The number of thiazole rings is 1. The lowest BCUT2D eigenvalue weighted by Gasteiger charge is -2.23. The van der Waals surface area contributed by atoms with Crippen molar-refractivity contribution in [3.8, 4) is 23.0 Å². The van der Waals surface area contributed by atoms with E-state index in [2.05, 4.69) is 25.7 Å². The summed E-state index contributed by atoms with van der Waals surface area (Å²) in [6.07, 6.45) is 3.13. The fourth-order valence-corrected chi connectivity index (χ4v) is 5.95. The number of rotatable bonds is 12. The number of carbonyl (C=O) groups excluding carboxylic acids is 2. The van der Waals surface area contributed by atoms with Gasteiger partial charge in [0.2, 0.25) is 0 Å². The fourth-order valence-electron chi connectivity index (χ4n) is 4.40. The average molecular weight is 676 g/mol. The van der Waals surface area contributed by atoms with Gasteiger partial charge in [-0.1, -0.05) is 17.4 Å². The first-order chi connectivity index (χ1) is 20.8. The summed E-state index contributed by atoms with van der Waals surface area (Å²) < 4.78 is 34.9. The third-order valence-electron chi connectivity index (χ3n) is 6.20. The first-order valence-corrected chi connectivity index (χ1v) is 15.0. The Morgan fingerprint density at radius 3 is 2.33 bits per heavy atom. The van der Waals surface area contributed by atoms with E-state index in [1.54, 1.807) is 36.4 Å². The molecule has 0 N–H and O–H groups in total. The Labute approximate surface area is 260 Å². The lowest BCUT2D eigenvalue weighted by Crippen LogP contribution is -2.39. The van der Waals surface area contributed by atoms with Crippen molar-refractivity contribution in [2.24, 2.45) is 4.99 Å². The Hall–Kier alpha value is -4.10. The van der Waals surface area contributed by atoms with Crippen molar-refractivity contribution in [1.82, 2.24) is 4.57 Å². The number of benzene rings is 2. The maximum Gasteiger partial charge on any atom is 0.343 e. The summed E-state index contributed by atoms with van der Waals surface area (Å²) >= 11 is 4.66. The van der Waals surface area contributed by atoms with Gasteiger partial charge >= 0.3 is 11.9 Å². The van der Waals surface area contributed by atoms with E-state index in [9.17, 15) is 14.4 Å². The van der Waals surface area contributed by atoms with Gasteiger partial charge < -0.3 is 28.4 Å². The number of hydrogen-bond donors (Lipinski definition) is 0. The maximum absolute atomic E-state index is 13.9. The molecule has 0 spiro atoms. The minimum atomic E-state index is -0.819. The van der Waals surface area contributed by atoms with Crippen LogP contribution in [0.15, 0.2) is 56.4 Å². The second-order valence-electron chi connectivity index (χ2n) is 8.88. The number of fused-ring (bicyclic) bond motifs is 1. The first-order valence-electron chi connectivity index (χ1n) is 13.4. The van der Waals surface area contributed by atoms with E-state index in [4.69, 9.17) is 23.7 Å². The molecule has 0 unspecified atom stereocenters. The Morgan fingerprint density at radius 2 is 1.65 bits per heavy atom. The highest BCUT2D eigenvalue weighted by atomic mass is 79.9. The number of nitrogens with zero attached hydrogens (tertiary/aromatic N) is 2. The quantitative estimate of drug-likeness (QED) is 0.266. The third-order valence-corrected chi connectivity index (χ3v) is 7.79. The van der Waals surface area contributed by atoms with Crippen molar-refractivity contribution in [2.75, 3.05) is 40.6 Å². The number of carbonyl (C=O) groups is 2. The normalized spacial score (nSPS) is 14.2. The molecule has 228 valence electrons. The van der Waals surface area contributed by atoms with Gasteiger partial charge in [0.1, 0.15) is 0 Å². The molecule has 1 aliphatic rings. The highest BCUT2D eigenvalue weighted by Gasteiger charge is 2.31. The number of hydrogen-bond acceptors (Lipinski definition) is 11. The Bertz CT molecular complexity index is 1730. The van der Waals surface area contributed by atoms with Gasteiger partial charge in [0.15, 0.2) is 34.4 Å². The van der Waals surface area contributed by atoms with E-state index in [1.807, 2.05) is 20.8 Å². The van der Waals surface area contributed by atoms with Gasteiger partial charge in [0, 0.05) is 6.20 Å². The number of halogens is 1. The zero-order valence-electron chi connectivity index (χ0n) is 24.3. The summed E-state index contributed by atoms with van der Waals surface area (Å²) in [5, 5.41) is 0. The topological polar surface area (TPSA) is 124 Å². The highest BCUT2D eigenvalue weighted by Crippen LogP contribution is 2.38. The predicted molar refractivity (Wildman–Crippen MR) is 163 cm³/mol. The van der Waals surface area contributed by atoms with E-state index >= 15 is 0 Å². The zero-order valence-corrected chi connectivity index (χ0v) is 26.7. The van der Waals surface area contributed by atoms with Crippen molar-refractivity contribution in [2.45, 2.75) is 26.8 Å². The van der Waals surface area contributed by atoms with Gasteiger partial charge in [-0.05, 0) is 78.2 Å². The van der Waals surface area contributed by atoms with Crippen LogP contribution in [0.3, 0.4) is 0 Å². The molecule has 4 rings (SSSR count). The first kappa shape index (κ1) is 31.8. The van der Waals surface area contributed by atoms with Gasteiger partial charge in [-0.2, -0.15) is 0 Å². The fraction of sp³-hybridized carbons (Fsp3) is 0.333. The number of ether oxygens (including phenoxy) is 6. The monoisotopic (exact) mass is 674 g/mol. The molecular weight excluding hydrogens is 644 g/mol. The summed E-state index contributed by atoms with van der Waals surface area (Å²) in [5.41, 5.74) is 1.10. The van der Waals surface area contributed by atoms with Crippen molar-refractivity contribution in [1.29, 1.82) is 0 Å². The van der Waals surface area contributed by atoms with Crippen LogP contribution in [0.25, 0.3) is 6.08 Å². The molecule has 11 nitrogen and oxygen atoms in total. The summed E-state index contributed by atoms with van der Waals surface area (Å²) in [6.45, 7) is 6.44. The molecule has 2 heterocycles. The molecule has 3 aromatic rings. The minimum Gasteiger partial charge on any atom is -0.490 e. The smallest absolute Gasteiger partial charge is 0.343 e. The molecule has 0 fully saturated rings. The number of methoxy groups -OCH3 is 2. The van der Waals surface area contributed by atoms with Crippen LogP contribution in [0, 0.1) is 0 Å². The summed E-state index contributed by atoms with van der Waals surface area (Å²) in [4.78, 5) is 43.2. The molecule has 43 heavy (non-hydrogen) atoms. The standard InChI is InChI=1S/C30H31BrN2O9S/c1-6-39-21-10-9-18(14-22(21)40-7-2)26-19(29(36)38-5)15-32-30-33(26)28(35)24(43-30)13-17-11-20(31)27(23(12-17)41-8-3)42-16-25(34)37-4/h9-15,26H,6-8,16H2,1-5H3/b24-13-/t26-/m0/s1. The van der Waals surface area contributed by atoms with E-state index in [1.165, 1.54) is 36.3 Å².